The Balaban J connectivity index is 1.65. The maximum absolute atomic E-state index is 12.1. The summed E-state index contributed by atoms with van der Waals surface area (Å²) in [7, 11) is 0. The number of hydrogen-bond acceptors (Lipinski definition) is 4. The average Bonchev–Trinajstić information content (AvgIpc) is 3.01. The summed E-state index contributed by atoms with van der Waals surface area (Å²) in [6, 6.07) is 8.19. The molecule has 124 valence electrons. The van der Waals surface area contributed by atoms with Gasteiger partial charge in [0.05, 0.1) is 0 Å². The van der Waals surface area contributed by atoms with Gasteiger partial charge in [0.1, 0.15) is 11.5 Å². The van der Waals surface area contributed by atoms with Crippen LogP contribution in [0.4, 0.5) is 5.82 Å². The van der Waals surface area contributed by atoms with Crippen LogP contribution >= 0.6 is 0 Å². The first-order valence-corrected chi connectivity index (χ1v) is 8.38. The van der Waals surface area contributed by atoms with Crippen LogP contribution in [-0.4, -0.2) is 27.0 Å². The fraction of sp³-hybridized carbons (Fsp3) is 0.333. The monoisotopic (exact) mass is 323 g/mol. The van der Waals surface area contributed by atoms with Crippen molar-refractivity contribution >= 4 is 16.9 Å². The average molecular weight is 323 g/mol. The standard InChI is InChI=1S/C18H21N5O/c19-12-3-5-13(6-4-12)22-16-8-11(9-17(24)23-16)15-10-21-18-14(15)2-1-7-20-18/h1-2,7-10,12-13H,3-6,19H2,(H,20,21)(H2,22,23,24). The van der Waals surface area contributed by atoms with Crippen LogP contribution in [0.2, 0.25) is 0 Å². The highest BCUT2D eigenvalue weighted by molar-refractivity contribution is 5.93. The van der Waals surface area contributed by atoms with Crippen molar-refractivity contribution in [1.29, 1.82) is 0 Å². The van der Waals surface area contributed by atoms with Crippen LogP contribution in [0.25, 0.3) is 22.2 Å². The molecule has 1 aliphatic carbocycles. The number of nitrogens with zero attached hydrogens (tertiary/aromatic N) is 1. The Kier molecular flexibility index (Phi) is 3.82. The van der Waals surface area contributed by atoms with Crippen molar-refractivity contribution in [2.75, 3.05) is 5.32 Å². The quantitative estimate of drug-likeness (QED) is 0.595. The second kappa shape index (κ2) is 6.13. The summed E-state index contributed by atoms with van der Waals surface area (Å²) in [4.78, 5) is 22.4. The number of aromatic nitrogens is 3. The Morgan fingerprint density at radius 2 is 2.04 bits per heavy atom. The van der Waals surface area contributed by atoms with E-state index in [2.05, 4.69) is 20.3 Å². The van der Waals surface area contributed by atoms with Gasteiger partial charge in [-0.1, -0.05) is 0 Å². The molecule has 0 bridgehead atoms. The Hall–Kier alpha value is -2.60. The van der Waals surface area contributed by atoms with E-state index in [1.54, 1.807) is 12.3 Å². The van der Waals surface area contributed by atoms with Crippen LogP contribution < -0.4 is 16.6 Å². The van der Waals surface area contributed by atoms with E-state index in [0.717, 1.165) is 53.7 Å². The van der Waals surface area contributed by atoms with Gasteiger partial charge in [0.25, 0.3) is 0 Å². The molecule has 6 heteroatoms. The number of hydrogen-bond donors (Lipinski definition) is 4. The van der Waals surface area contributed by atoms with Crippen LogP contribution in [0.5, 0.6) is 0 Å². The Bertz CT molecular complexity index is 905. The number of fused-ring (bicyclic) bond motifs is 1. The van der Waals surface area contributed by atoms with Gasteiger partial charge < -0.3 is 21.0 Å². The number of H-pyrrole nitrogens is 2. The zero-order chi connectivity index (χ0) is 16.5. The van der Waals surface area contributed by atoms with Gasteiger partial charge in [0, 0.05) is 41.5 Å². The molecule has 0 amide bonds. The van der Waals surface area contributed by atoms with Gasteiger partial charge in [0.2, 0.25) is 5.56 Å². The molecule has 3 heterocycles. The first kappa shape index (κ1) is 15.0. The second-order valence-corrected chi connectivity index (χ2v) is 6.50. The minimum atomic E-state index is -0.110. The van der Waals surface area contributed by atoms with Crippen molar-refractivity contribution in [2.24, 2.45) is 5.73 Å². The van der Waals surface area contributed by atoms with Gasteiger partial charge in [0.15, 0.2) is 0 Å². The molecule has 0 aliphatic heterocycles. The summed E-state index contributed by atoms with van der Waals surface area (Å²) >= 11 is 0. The summed E-state index contributed by atoms with van der Waals surface area (Å²) in [6.45, 7) is 0. The highest BCUT2D eigenvalue weighted by atomic mass is 16.1. The summed E-state index contributed by atoms with van der Waals surface area (Å²) in [5.74, 6) is 0.760. The predicted molar refractivity (Wildman–Crippen MR) is 96.0 cm³/mol. The molecule has 1 saturated carbocycles. The zero-order valence-electron chi connectivity index (χ0n) is 13.4. The van der Waals surface area contributed by atoms with Crippen LogP contribution in [0.15, 0.2) is 41.5 Å². The Morgan fingerprint density at radius 1 is 1.21 bits per heavy atom. The van der Waals surface area contributed by atoms with Gasteiger partial charge in [-0.2, -0.15) is 0 Å². The molecular weight excluding hydrogens is 302 g/mol. The van der Waals surface area contributed by atoms with Crippen LogP contribution in [-0.2, 0) is 0 Å². The Morgan fingerprint density at radius 3 is 2.88 bits per heavy atom. The topological polar surface area (TPSA) is 99.6 Å². The molecule has 0 radical (unpaired) electrons. The van der Waals surface area contributed by atoms with Crippen molar-refractivity contribution < 1.29 is 0 Å². The predicted octanol–water partition coefficient (Wildman–Crippen LogP) is 2.60. The molecule has 0 saturated heterocycles. The van der Waals surface area contributed by atoms with Crippen LogP contribution in [0.1, 0.15) is 25.7 Å². The van der Waals surface area contributed by atoms with E-state index < -0.39 is 0 Å². The molecule has 24 heavy (non-hydrogen) atoms. The van der Waals surface area contributed by atoms with Gasteiger partial charge in [-0.25, -0.2) is 4.98 Å². The lowest BCUT2D eigenvalue weighted by Gasteiger charge is -2.27. The van der Waals surface area contributed by atoms with Gasteiger partial charge in [-0.15, -0.1) is 0 Å². The largest absolute Gasteiger partial charge is 0.369 e. The summed E-state index contributed by atoms with van der Waals surface area (Å²) in [6.07, 6.45) is 7.76. The molecule has 0 spiro atoms. The molecule has 0 unspecified atom stereocenters. The third-order valence-electron chi connectivity index (χ3n) is 4.74. The van der Waals surface area contributed by atoms with Crippen LogP contribution in [0, 0.1) is 0 Å². The smallest absolute Gasteiger partial charge is 0.250 e. The van der Waals surface area contributed by atoms with Crippen molar-refractivity contribution in [3.05, 3.63) is 47.0 Å². The number of aromatic amines is 2. The fourth-order valence-electron chi connectivity index (χ4n) is 3.45. The summed E-state index contributed by atoms with van der Waals surface area (Å²) < 4.78 is 0. The molecule has 1 aliphatic rings. The van der Waals surface area contributed by atoms with E-state index >= 15 is 0 Å². The molecule has 5 N–H and O–H groups in total. The Labute approximate surface area is 139 Å². The van der Waals surface area contributed by atoms with E-state index in [0.29, 0.717) is 12.1 Å². The van der Waals surface area contributed by atoms with Crippen molar-refractivity contribution in [1.82, 2.24) is 15.0 Å². The van der Waals surface area contributed by atoms with Crippen molar-refractivity contribution in [3.8, 4) is 11.1 Å². The molecule has 0 aromatic carbocycles. The minimum absolute atomic E-state index is 0.110. The lowest BCUT2D eigenvalue weighted by molar-refractivity contribution is 0.410. The molecule has 6 nitrogen and oxygen atoms in total. The maximum Gasteiger partial charge on any atom is 0.250 e. The molecule has 0 atom stereocenters. The van der Waals surface area contributed by atoms with E-state index in [-0.39, 0.29) is 5.56 Å². The zero-order valence-corrected chi connectivity index (χ0v) is 13.4. The minimum Gasteiger partial charge on any atom is -0.369 e. The van der Waals surface area contributed by atoms with E-state index in [1.807, 2.05) is 24.4 Å². The molecule has 3 aromatic rings. The SMILES string of the molecule is NC1CCC(Nc2cc(-c3c[nH]c4ncccc34)cc(=O)[nH]2)CC1. The number of rotatable bonds is 3. The lowest BCUT2D eigenvalue weighted by atomic mass is 9.92. The first-order valence-electron chi connectivity index (χ1n) is 8.38. The number of pyridine rings is 2. The molecule has 4 rings (SSSR count). The van der Waals surface area contributed by atoms with Gasteiger partial charge in [-0.05, 0) is 49.4 Å². The van der Waals surface area contributed by atoms with E-state index in [1.165, 1.54) is 0 Å². The third kappa shape index (κ3) is 2.92. The highest BCUT2D eigenvalue weighted by Gasteiger charge is 2.18. The normalized spacial score (nSPS) is 21.0. The summed E-state index contributed by atoms with van der Waals surface area (Å²) in [5, 5.41) is 4.47. The van der Waals surface area contributed by atoms with Crippen LogP contribution in [0.3, 0.4) is 0 Å². The fourth-order valence-corrected chi connectivity index (χ4v) is 3.45. The maximum atomic E-state index is 12.1. The van der Waals surface area contributed by atoms with Gasteiger partial charge >= 0.3 is 0 Å². The number of anilines is 1. The number of nitrogens with two attached hydrogens (primary N) is 1. The van der Waals surface area contributed by atoms with E-state index in [4.69, 9.17) is 5.73 Å². The van der Waals surface area contributed by atoms with Crippen molar-refractivity contribution in [3.63, 3.8) is 0 Å². The second-order valence-electron chi connectivity index (χ2n) is 6.50. The molecule has 3 aromatic heterocycles. The first-order chi connectivity index (χ1) is 11.7. The molecule has 1 fully saturated rings. The highest BCUT2D eigenvalue weighted by Crippen LogP contribution is 2.28. The number of nitrogens with one attached hydrogen (secondary N) is 3. The third-order valence-corrected chi connectivity index (χ3v) is 4.74. The van der Waals surface area contributed by atoms with Crippen molar-refractivity contribution in [2.45, 2.75) is 37.8 Å². The van der Waals surface area contributed by atoms with Gasteiger partial charge in [-0.3, -0.25) is 4.79 Å². The lowest BCUT2D eigenvalue weighted by Crippen LogP contribution is -2.33. The van der Waals surface area contributed by atoms with E-state index in [9.17, 15) is 4.79 Å². The molecular formula is C18H21N5O. The summed E-state index contributed by atoms with van der Waals surface area (Å²) in [5.41, 5.74) is 8.54.